The zero-order valence-corrected chi connectivity index (χ0v) is 17.4. The fourth-order valence-corrected chi connectivity index (χ4v) is 4.27. The van der Waals surface area contributed by atoms with Crippen LogP contribution >= 0.6 is 0 Å². The molecule has 1 aromatic carbocycles. The standard InChI is InChI=1S/C23H31FN4O/c1-17(2)21-15-25-23(14-22(21)27-9-11-29-12-10-27)26-19-6-4-8-28(16-19)20-7-3-5-18(24)13-20/h3,5,7,13-15,17,19H,4,6,8-12,16H2,1-2H3,(H,25,26). The van der Waals surface area contributed by atoms with Crippen LogP contribution in [0.4, 0.5) is 21.6 Å². The molecule has 2 fully saturated rings. The average molecular weight is 399 g/mol. The SMILES string of the molecule is CC(C)c1cnc(NC2CCCN(c3cccc(F)c3)C2)cc1N1CCOCC1. The zero-order chi connectivity index (χ0) is 20.2. The summed E-state index contributed by atoms with van der Waals surface area (Å²) in [6.45, 7) is 9.62. The van der Waals surface area contributed by atoms with Gasteiger partial charge in [-0.2, -0.15) is 0 Å². The number of nitrogens with one attached hydrogen (secondary N) is 1. The van der Waals surface area contributed by atoms with Gasteiger partial charge in [0.2, 0.25) is 0 Å². The Kier molecular flexibility index (Phi) is 6.19. The molecule has 6 heteroatoms. The molecule has 1 unspecified atom stereocenters. The van der Waals surface area contributed by atoms with Crippen LogP contribution < -0.4 is 15.1 Å². The number of benzene rings is 1. The van der Waals surface area contributed by atoms with Crippen molar-refractivity contribution in [3.05, 3.63) is 47.9 Å². The number of ether oxygens (including phenoxy) is 1. The van der Waals surface area contributed by atoms with E-state index in [2.05, 4.69) is 35.0 Å². The van der Waals surface area contributed by atoms with Gasteiger partial charge in [0.25, 0.3) is 0 Å². The Balaban J connectivity index is 1.49. The molecule has 0 bridgehead atoms. The van der Waals surface area contributed by atoms with Crippen LogP contribution in [-0.2, 0) is 4.74 Å². The van der Waals surface area contributed by atoms with Gasteiger partial charge in [-0.25, -0.2) is 9.37 Å². The van der Waals surface area contributed by atoms with Gasteiger partial charge in [-0.15, -0.1) is 0 Å². The Bertz CT molecular complexity index is 822. The first-order valence-electron chi connectivity index (χ1n) is 10.7. The van der Waals surface area contributed by atoms with Crippen LogP contribution in [0, 0.1) is 5.82 Å². The van der Waals surface area contributed by atoms with E-state index in [0.29, 0.717) is 12.0 Å². The van der Waals surface area contributed by atoms with Crippen molar-refractivity contribution in [2.45, 2.75) is 38.6 Å². The Morgan fingerprint density at radius 2 is 1.97 bits per heavy atom. The Hall–Kier alpha value is -2.34. The lowest BCUT2D eigenvalue weighted by Crippen LogP contribution is -2.42. The highest BCUT2D eigenvalue weighted by molar-refractivity contribution is 5.61. The van der Waals surface area contributed by atoms with E-state index < -0.39 is 0 Å². The first-order valence-corrected chi connectivity index (χ1v) is 10.7. The van der Waals surface area contributed by atoms with E-state index in [0.717, 1.165) is 63.7 Å². The third-order valence-corrected chi connectivity index (χ3v) is 5.83. The van der Waals surface area contributed by atoms with E-state index >= 15 is 0 Å². The lowest BCUT2D eigenvalue weighted by atomic mass is 10.0. The number of aromatic nitrogens is 1. The molecule has 29 heavy (non-hydrogen) atoms. The quantitative estimate of drug-likeness (QED) is 0.815. The van der Waals surface area contributed by atoms with Crippen molar-refractivity contribution in [1.82, 2.24) is 4.98 Å². The summed E-state index contributed by atoms with van der Waals surface area (Å²) in [6.07, 6.45) is 4.19. The number of rotatable bonds is 5. The maximum Gasteiger partial charge on any atom is 0.128 e. The average Bonchev–Trinajstić information content (AvgIpc) is 2.74. The number of nitrogens with zero attached hydrogens (tertiary/aromatic N) is 3. The number of hydrogen-bond acceptors (Lipinski definition) is 5. The molecular weight excluding hydrogens is 367 g/mol. The number of anilines is 3. The van der Waals surface area contributed by atoms with Crippen molar-refractivity contribution < 1.29 is 9.13 Å². The maximum absolute atomic E-state index is 13.6. The molecule has 5 nitrogen and oxygen atoms in total. The van der Waals surface area contributed by atoms with Gasteiger partial charge >= 0.3 is 0 Å². The number of morpholine rings is 1. The molecule has 4 rings (SSSR count). The monoisotopic (exact) mass is 398 g/mol. The third kappa shape index (κ3) is 4.81. The van der Waals surface area contributed by atoms with Gasteiger partial charge in [0, 0.05) is 55.9 Å². The molecule has 156 valence electrons. The zero-order valence-electron chi connectivity index (χ0n) is 17.4. The molecule has 1 aromatic heterocycles. The van der Waals surface area contributed by atoms with Crippen LogP contribution in [-0.4, -0.2) is 50.4 Å². The van der Waals surface area contributed by atoms with Crippen LogP contribution in [0.25, 0.3) is 0 Å². The highest BCUT2D eigenvalue weighted by Gasteiger charge is 2.22. The van der Waals surface area contributed by atoms with E-state index in [1.807, 2.05) is 12.3 Å². The maximum atomic E-state index is 13.6. The van der Waals surface area contributed by atoms with Gasteiger partial charge in [0.15, 0.2) is 0 Å². The number of piperidine rings is 1. The molecule has 3 heterocycles. The highest BCUT2D eigenvalue weighted by Crippen LogP contribution is 2.30. The Morgan fingerprint density at radius 3 is 2.72 bits per heavy atom. The number of hydrogen-bond donors (Lipinski definition) is 1. The summed E-state index contributed by atoms with van der Waals surface area (Å²) in [5.41, 5.74) is 3.50. The molecule has 2 saturated heterocycles. The fraction of sp³-hybridized carbons (Fsp3) is 0.522. The molecule has 1 atom stereocenters. The van der Waals surface area contributed by atoms with E-state index in [-0.39, 0.29) is 5.82 Å². The van der Waals surface area contributed by atoms with Gasteiger partial charge < -0.3 is 19.9 Å². The van der Waals surface area contributed by atoms with E-state index in [4.69, 9.17) is 9.72 Å². The van der Waals surface area contributed by atoms with Crippen molar-refractivity contribution in [1.29, 1.82) is 0 Å². The van der Waals surface area contributed by atoms with Gasteiger partial charge in [-0.3, -0.25) is 0 Å². The summed E-state index contributed by atoms with van der Waals surface area (Å²) in [4.78, 5) is 9.38. The first-order chi connectivity index (χ1) is 14.1. The van der Waals surface area contributed by atoms with Gasteiger partial charge in [-0.05, 0) is 42.5 Å². The number of halogens is 1. The molecular formula is C23H31FN4O. The first kappa shape index (κ1) is 20.0. The van der Waals surface area contributed by atoms with Gasteiger partial charge in [-0.1, -0.05) is 19.9 Å². The minimum Gasteiger partial charge on any atom is -0.378 e. The lowest BCUT2D eigenvalue weighted by molar-refractivity contribution is 0.122. The molecule has 2 aliphatic heterocycles. The minimum absolute atomic E-state index is 0.182. The van der Waals surface area contributed by atoms with Gasteiger partial charge in [0.05, 0.1) is 13.2 Å². The van der Waals surface area contributed by atoms with Gasteiger partial charge in [0.1, 0.15) is 11.6 Å². The summed E-state index contributed by atoms with van der Waals surface area (Å²) < 4.78 is 19.2. The summed E-state index contributed by atoms with van der Waals surface area (Å²) in [7, 11) is 0. The molecule has 2 aromatic rings. The fourth-order valence-electron chi connectivity index (χ4n) is 4.27. The Morgan fingerprint density at radius 1 is 1.14 bits per heavy atom. The van der Waals surface area contributed by atoms with Crippen molar-refractivity contribution in [2.24, 2.45) is 0 Å². The predicted octanol–water partition coefficient (Wildman–Crippen LogP) is 4.26. The van der Waals surface area contributed by atoms with Crippen LogP contribution in [0.1, 0.15) is 38.2 Å². The summed E-state index contributed by atoms with van der Waals surface area (Å²) in [5, 5.41) is 3.64. The predicted molar refractivity (Wildman–Crippen MR) is 117 cm³/mol. The van der Waals surface area contributed by atoms with E-state index in [9.17, 15) is 4.39 Å². The lowest BCUT2D eigenvalue weighted by Gasteiger charge is -2.35. The molecule has 1 N–H and O–H groups in total. The normalized spacial score (nSPS) is 20.2. The summed E-state index contributed by atoms with van der Waals surface area (Å²) >= 11 is 0. The highest BCUT2D eigenvalue weighted by atomic mass is 19.1. The summed E-state index contributed by atoms with van der Waals surface area (Å²) in [5.74, 6) is 1.16. The van der Waals surface area contributed by atoms with Crippen LogP contribution in [0.15, 0.2) is 36.5 Å². The van der Waals surface area contributed by atoms with Crippen molar-refractivity contribution in [2.75, 3.05) is 54.5 Å². The van der Waals surface area contributed by atoms with Crippen LogP contribution in [0.3, 0.4) is 0 Å². The topological polar surface area (TPSA) is 40.6 Å². The Labute approximate surface area is 172 Å². The molecule has 2 aliphatic rings. The van der Waals surface area contributed by atoms with Crippen molar-refractivity contribution >= 4 is 17.2 Å². The molecule has 0 spiro atoms. The molecule has 0 amide bonds. The second kappa shape index (κ2) is 8.99. The van der Waals surface area contributed by atoms with Crippen molar-refractivity contribution in [3.63, 3.8) is 0 Å². The van der Waals surface area contributed by atoms with E-state index in [1.165, 1.54) is 17.3 Å². The molecule has 0 saturated carbocycles. The van der Waals surface area contributed by atoms with Crippen molar-refractivity contribution in [3.8, 4) is 0 Å². The third-order valence-electron chi connectivity index (χ3n) is 5.83. The van der Waals surface area contributed by atoms with Crippen LogP contribution in [0.2, 0.25) is 0 Å². The minimum atomic E-state index is -0.182. The second-order valence-electron chi connectivity index (χ2n) is 8.29. The van der Waals surface area contributed by atoms with Crippen LogP contribution in [0.5, 0.6) is 0 Å². The molecule has 0 radical (unpaired) electrons. The largest absolute Gasteiger partial charge is 0.378 e. The summed E-state index contributed by atoms with van der Waals surface area (Å²) in [6, 6.07) is 9.37. The molecule has 0 aliphatic carbocycles. The number of pyridine rings is 1. The smallest absolute Gasteiger partial charge is 0.128 e. The van der Waals surface area contributed by atoms with E-state index in [1.54, 1.807) is 12.1 Å². The second-order valence-corrected chi connectivity index (χ2v) is 8.29.